The van der Waals surface area contributed by atoms with Crippen molar-refractivity contribution in [2.45, 2.75) is 13.8 Å². The van der Waals surface area contributed by atoms with Gasteiger partial charge < -0.3 is 9.47 Å². The molecule has 1 aromatic carbocycles. The summed E-state index contributed by atoms with van der Waals surface area (Å²) in [5, 5.41) is 10.2. The number of aryl methyl sites for hydroxylation is 1. The van der Waals surface area contributed by atoms with Crippen molar-refractivity contribution in [1.82, 2.24) is 9.47 Å². The van der Waals surface area contributed by atoms with Crippen LogP contribution in [-0.4, -0.2) is 29.5 Å². The molecule has 24 heavy (non-hydrogen) atoms. The molecule has 0 aliphatic heterocycles. The van der Waals surface area contributed by atoms with Gasteiger partial charge in [0.15, 0.2) is 0 Å². The van der Waals surface area contributed by atoms with Gasteiger partial charge in [-0.1, -0.05) is 29.3 Å². The summed E-state index contributed by atoms with van der Waals surface area (Å²) in [5.74, 6) is -0.330. The Bertz CT molecular complexity index is 873. The summed E-state index contributed by atoms with van der Waals surface area (Å²) in [6.07, 6.45) is 1.60. The monoisotopic (exact) mass is 361 g/mol. The van der Waals surface area contributed by atoms with Crippen LogP contribution in [0, 0.1) is 25.2 Å². The van der Waals surface area contributed by atoms with Gasteiger partial charge in [-0.3, -0.25) is 4.79 Å². The Hall–Kier alpha value is -2.22. The fourth-order valence-corrected chi connectivity index (χ4v) is 2.89. The minimum atomic E-state index is -0.330. The molecule has 0 unspecified atom stereocenters. The lowest BCUT2D eigenvalue weighted by Gasteiger charge is -2.12. The van der Waals surface area contributed by atoms with Crippen LogP contribution in [0.3, 0.4) is 0 Å². The van der Waals surface area contributed by atoms with Crippen molar-refractivity contribution >= 4 is 35.2 Å². The molecule has 124 valence electrons. The molecule has 1 heterocycles. The Morgan fingerprint density at radius 3 is 2.54 bits per heavy atom. The van der Waals surface area contributed by atoms with Crippen LogP contribution in [0.1, 0.15) is 17.0 Å². The second-order valence-electron chi connectivity index (χ2n) is 5.60. The number of halogens is 2. The second-order valence-corrected chi connectivity index (χ2v) is 6.39. The number of hydrogen-bond donors (Lipinski definition) is 0. The van der Waals surface area contributed by atoms with Crippen LogP contribution in [0.15, 0.2) is 29.8 Å². The zero-order chi connectivity index (χ0) is 18.0. The summed E-state index contributed by atoms with van der Waals surface area (Å²) in [5.41, 5.74) is 3.43. The summed E-state index contributed by atoms with van der Waals surface area (Å²) >= 11 is 12.4. The van der Waals surface area contributed by atoms with Gasteiger partial charge in [0.2, 0.25) is 0 Å². The molecule has 0 bridgehead atoms. The summed E-state index contributed by atoms with van der Waals surface area (Å²) in [7, 11) is 3.23. The number of carbonyl (C=O) groups excluding carboxylic acids is 1. The van der Waals surface area contributed by atoms with E-state index >= 15 is 0 Å². The van der Waals surface area contributed by atoms with Gasteiger partial charge >= 0.3 is 0 Å². The van der Waals surface area contributed by atoms with Crippen molar-refractivity contribution in [3.8, 4) is 11.8 Å². The van der Waals surface area contributed by atoms with E-state index in [-0.39, 0.29) is 11.5 Å². The average molecular weight is 362 g/mol. The molecule has 1 aromatic heterocycles. The summed E-state index contributed by atoms with van der Waals surface area (Å²) in [4.78, 5) is 13.4. The Balaban J connectivity index is 2.60. The van der Waals surface area contributed by atoms with E-state index in [9.17, 15) is 10.1 Å². The molecule has 0 fully saturated rings. The van der Waals surface area contributed by atoms with Crippen LogP contribution >= 0.6 is 23.2 Å². The van der Waals surface area contributed by atoms with E-state index in [1.54, 1.807) is 26.2 Å². The average Bonchev–Trinajstić information content (AvgIpc) is 2.81. The summed E-state index contributed by atoms with van der Waals surface area (Å²) in [6, 6.07) is 9.30. The third-order valence-electron chi connectivity index (χ3n) is 3.70. The van der Waals surface area contributed by atoms with Crippen molar-refractivity contribution in [3.63, 3.8) is 0 Å². The van der Waals surface area contributed by atoms with Crippen LogP contribution in [0.4, 0.5) is 0 Å². The van der Waals surface area contributed by atoms with Crippen LogP contribution < -0.4 is 0 Å². The summed E-state index contributed by atoms with van der Waals surface area (Å²) < 4.78 is 1.95. The molecule has 0 radical (unpaired) electrons. The molecule has 6 heteroatoms. The van der Waals surface area contributed by atoms with E-state index in [4.69, 9.17) is 23.2 Å². The first kappa shape index (κ1) is 18.1. The highest BCUT2D eigenvalue weighted by Gasteiger charge is 2.16. The number of nitriles is 1. The third-order valence-corrected chi connectivity index (χ3v) is 4.51. The third kappa shape index (κ3) is 3.33. The number of carbonyl (C=O) groups is 1. The van der Waals surface area contributed by atoms with E-state index in [1.807, 2.05) is 42.7 Å². The number of nitrogens with zero attached hydrogens (tertiary/aromatic N) is 3. The Morgan fingerprint density at radius 2 is 1.96 bits per heavy atom. The smallest absolute Gasteiger partial charge is 0.264 e. The minimum Gasteiger partial charge on any atom is -0.344 e. The number of hydrogen-bond acceptors (Lipinski definition) is 2. The zero-order valence-electron chi connectivity index (χ0n) is 13.9. The van der Waals surface area contributed by atoms with Gasteiger partial charge in [0.25, 0.3) is 5.91 Å². The first-order valence-electron chi connectivity index (χ1n) is 7.24. The molecular weight excluding hydrogens is 345 g/mol. The zero-order valence-corrected chi connectivity index (χ0v) is 15.4. The van der Waals surface area contributed by atoms with Crippen LogP contribution in [0.5, 0.6) is 0 Å². The molecule has 1 amide bonds. The quantitative estimate of drug-likeness (QED) is 0.600. The standard InChI is InChI=1S/C18H17Cl2N3O/c1-11-8-13(9-14(10-21)18(24)22(3)4)12(2)23(11)16-7-5-6-15(19)17(16)20/h5-9H,1-4H3/b14-9-. The molecular formula is C18H17Cl2N3O. The summed E-state index contributed by atoms with van der Waals surface area (Å²) in [6.45, 7) is 3.84. The van der Waals surface area contributed by atoms with E-state index in [0.29, 0.717) is 10.0 Å². The van der Waals surface area contributed by atoms with Gasteiger partial charge in [-0.2, -0.15) is 5.26 Å². The molecule has 0 saturated carbocycles. The van der Waals surface area contributed by atoms with E-state index in [2.05, 4.69) is 0 Å². The molecule has 2 aromatic rings. The maximum atomic E-state index is 12.0. The van der Waals surface area contributed by atoms with Gasteiger partial charge in [0, 0.05) is 25.5 Å². The fourth-order valence-electron chi connectivity index (χ4n) is 2.51. The van der Waals surface area contributed by atoms with Crippen LogP contribution in [0.25, 0.3) is 11.8 Å². The van der Waals surface area contributed by atoms with Crippen molar-refractivity contribution in [3.05, 3.63) is 56.8 Å². The fraction of sp³-hybridized carbons (Fsp3) is 0.222. The van der Waals surface area contributed by atoms with Gasteiger partial charge in [0.05, 0.1) is 15.7 Å². The number of likely N-dealkylation sites (N-methyl/N-ethyl adjacent to an activating group) is 1. The predicted octanol–water partition coefficient (Wildman–Crippen LogP) is 4.40. The SMILES string of the molecule is Cc1cc(/C=C(/C#N)C(=O)N(C)C)c(C)n1-c1cccc(Cl)c1Cl. The first-order chi connectivity index (χ1) is 11.3. The molecule has 0 aliphatic carbocycles. The van der Waals surface area contributed by atoms with E-state index in [1.165, 1.54) is 4.90 Å². The first-order valence-corrected chi connectivity index (χ1v) is 8.00. The largest absolute Gasteiger partial charge is 0.344 e. The van der Waals surface area contributed by atoms with E-state index < -0.39 is 0 Å². The van der Waals surface area contributed by atoms with E-state index in [0.717, 1.165) is 22.6 Å². The predicted molar refractivity (Wildman–Crippen MR) is 97.5 cm³/mol. The molecule has 0 spiro atoms. The molecule has 0 N–H and O–H groups in total. The lowest BCUT2D eigenvalue weighted by molar-refractivity contribution is -0.124. The highest BCUT2D eigenvalue weighted by Crippen LogP contribution is 2.32. The minimum absolute atomic E-state index is 0.0810. The number of rotatable bonds is 3. The molecule has 4 nitrogen and oxygen atoms in total. The van der Waals surface area contributed by atoms with Crippen LogP contribution in [0.2, 0.25) is 10.0 Å². The number of aromatic nitrogens is 1. The highest BCUT2D eigenvalue weighted by molar-refractivity contribution is 6.43. The number of amides is 1. The lowest BCUT2D eigenvalue weighted by atomic mass is 10.1. The van der Waals surface area contributed by atoms with Crippen molar-refractivity contribution in [2.24, 2.45) is 0 Å². The molecule has 0 aliphatic rings. The van der Waals surface area contributed by atoms with Gasteiger partial charge in [0.1, 0.15) is 11.6 Å². The van der Waals surface area contributed by atoms with Crippen molar-refractivity contribution in [1.29, 1.82) is 5.26 Å². The second kappa shape index (κ2) is 7.12. The lowest BCUT2D eigenvalue weighted by Crippen LogP contribution is -2.22. The van der Waals surface area contributed by atoms with Crippen molar-refractivity contribution in [2.75, 3.05) is 14.1 Å². The maximum absolute atomic E-state index is 12.0. The Morgan fingerprint density at radius 1 is 1.29 bits per heavy atom. The van der Waals surface area contributed by atoms with Gasteiger partial charge in [-0.05, 0) is 43.7 Å². The topological polar surface area (TPSA) is 49.0 Å². The Kier molecular flexibility index (Phi) is 5.38. The molecule has 0 saturated heterocycles. The number of benzene rings is 1. The highest BCUT2D eigenvalue weighted by atomic mass is 35.5. The Labute approximate surface area is 151 Å². The normalized spacial score (nSPS) is 11.3. The molecule has 0 atom stereocenters. The van der Waals surface area contributed by atoms with Gasteiger partial charge in [-0.15, -0.1) is 0 Å². The molecule has 2 rings (SSSR count). The maximum Gasteiger partial charge on any atom is 0.264 e. The van der Waals surface area contributed by atoms with Crippen LogP contribution in [-0.2, 0) is 4.79 Å². The van der Waals surface area contributed by atoms with Gasteiger partial charge in [-0.25, -0.2) is 0 Å². The van der Waals surface area contributed by atoms with Crippen molar-refractivity contribution < 1.29 is 4.79 Å².